The first kappa shape index (κ1) is 18.6. The Labute approximate surface area is 149 Å². The van der Waals surface area contributed by atoms with Gasteiger partial charge in [-0.25, -0.2) is 0 Å². The van der Waals surface area contributed by atoms with Gasteiger partial charge in [-0.3, -0.25) is 4.79 Å². The van der Waals surface area contributed by atoms with Gasteiger partial charge in [0.15, 0.2) is 14.8 Å². The number of amides is 1. The summed E-state index contributed by atoms with van der Waals surface area (Å²) in [6.07, 6.45) is -0.298. The molecule has 4 nitrogen and oxygen atoms in total. The third kappa shape index (κ3) is 4.86. The van der Waals surface area contributed by atoms with Crippen molar-refractivity contribution in [2.45, 2.75) is 52.5 Å². The lowest BCUT2D eigenvalue weighted by Crippen LogP contribution is -2.49. The van der Waals surface area contributed by atoms with E-state index in [2.05, 4.69) is 39.2 Å². The quantitative estimate of drug-likeness (QED) is 0.788. The number of nitrogens with one attached hydrogen (secondary N) is 1. The Bertz CT molecular complexity index is 602. The molecule has 1 amide bonds. The number of carbonyl (C=O) groups excluding carboxylic acids is 1. The number of halogens is 2. The van der Waals surface area contributed by atoms with Crippen molar-refractivity contribution in [1.29, 1.82) is 0 Å². The molecule has 0 aliphatic carbocycles. The predicted molar refractivity (Wildman–Crippen MR) is 97.3 cm³/mol. The van der Waals surface area contributed by atoms with Crippen LogP contribution in [-0.4, -0.2) is 27.2 Å². The highest BCUT2D eigenvalue weighted by Gasteiger charge is 2.38. The molecule has 1 heterocycles. The van der Waals surface area contributed by atoms with Crippen LogP contribution in [0.25, 0.3) is 0 Å². The summed E-state index contributed by atoms with van der Waals surface area (Å²) < 4.78 is 12.0. The zero-order chi connectivity index (χ0) is 17.4. The van der Waals surface area contributed by atoms with Crippen LogP contribution in [0.4, 0.5) is 5.69 Å². The number of carbonyl (C=O) groups is 1. The van der Waals surface area contributed by atoms with Crippen molar-refractivity contribution >= 4 is 43.8 Å². The highest BCUT2D eigenvalue weighted by atomic mass is 35.5. The van der Waals surface area contributed by atoms with Gasteiger partial charge in [0.05, 0.1) is 16.8 Å². The summed E-state index contributed by atoms with van der Waals surface area (Å²) in [7, 11) is -1.34. The lowest BCUT2D eigenvalue weighted by molar-refractivity contribution is -0.128. The fourth-order valence-electron chi connectivity index (χ4n) is 2.58. The highest BCUT2D eigenvalue weighted by Crippen LogP contribution is 2.40. The molecule has 2 unspecified atom stereocenters. The zero-order valence-corrected chi connectivity index (χ0v) is 16.7. The maximum absolute atomic E-state index is 12.5. The van der Waals surface area contributed by atoms with Gasteiger partial charge in [-0.05, 0) is 37.1 Å². The highest BCUT2D eigenvalue weighted by molar-refractivity contribution is 6.48. The number of rotatable bonds is 4. The van der Waals surface area contributed by atoms with Gasteiger partial charge in [0.25, 0.3) is 5.91 Å². The Morgan fingerprint density at radius 1 is 1.35 bits per heavy atom. The molecule has 0 fully saturated rings. The molecule has 0 saturated heterocycles. The van der Waals surface area contributed by atoms with Crippen LogP contribution in [0.1, 0.15) is 27.2 Å². The first-order valence-corrected chi connectivity index (χ1v) is 11.2. The van der Waals surface area contributed by atoms with Crippen molar-refractivity contribution in [3.63, 3.8) is 0 Å². The van der Waals surface area contributed by atoms with Crippen LogP contribution < -0.4 is 10.1 Å². The van der Waals surface area contributed by atoms with Gasteiger partial charge >= 0.3 is 0 Å². The van der Waals surface area contributed by atoms with Crippen molar-refractivity contribution in [1.82, 2.24) is 0 Å². The standard InChI is InChI=1S/C16H23Cl2NO3Si/c1-16(2,3)8-12(22-23(4)5)14-15(20)19-11-7-9(17)6-10(18)13(11)21-14/h6-7,12,14,23H,8H2,1-5H3,(H,19,20). The summed E-state index contributed by atoms with van der Waals surface area (Å²) in [5.74, 6) is 0.230. The van der Waals surface area contributed by atoms with Gasteiger partial charge < -0.3 is 14.5 Å². The zero-order valence-electron chi connectivity index (χ0n) is 14.1. The molecule has 0 saturated carbocycles. The van der Waals surface area contributed by atoms with E-state index in [0.717, 1.165) is 6.42 Å². The second-order valence-corrected chi connectivity index (χ2v) is 10.5. The van der Waals surface area contributed by atoms with Gasteiger partial charge in [0, 0.05) is 5.02 Å². The maximum Gasteiger partial charge on any atom is 0.268 e. The maximum atomic E-state index is 12.5. The minimum atomic E-state index is -1.34. The Balaban J connectivity index is 2.31. The van der Waals surface area contributed by atoms with Crippen molar-refractivity contribution in [2.24, 2.45) is 5.41 Å². The normalized spacial score (nSPS) is 19.1. The smallest absolute Gasteiger partial charge is 0.268 e. The molecule has 7 heteroatoms. The molecule has 2 rings (SSSR count). The number of ether oxygens (including phenoxy) is 1. The first-order valence-electron chi connectivity index (χ1n) is 7.69. The Morgan fingerprint density at radius 3 is 2.57 bits per heavy atom. The molecule has 1 N–H and O–H groups in total. The number of anilines is 1. The van der Waals surface area contributed by atoms with Crippen LogP contribution in [0.3, 0.4) is 0 Å². The van der Waals surface area contributed by atoms with Crippen molar-refractivity contribution < 1.29 is 14.0 Å². The van der Waals surface area contributed by atoms with Gasteiger partial charge in [-0.2, -0.15) is 0 Å². The lowest BCUT2D eigenvalue weighted by Gasteiger charge is -2.36. The molecule has 1 aromatic rings. The van der Waals surface area contributed by atoms with Gasteiger partial charge in [-0.1, -0.05) is 44.0 Å². The SMILES string of the molecule is C[SiH](C)OC(CC(C)(C)C)C1Oc2c(Cl)cc(Cl)cc2NC1=O. The van der Waals surface area contributed by atoms with Crippen LogP contribution in [0, 0.1) is 5.41 Å². The minimum absolute atomic E-state index is 0.0155. The monoisotopic (exact) mass is 375 g/mol. The number of fused-ring (bicyclic) bond motifs is 1. The summed E-state index contributed by atoms with van der Waals surface area (Å²) in [6.45, 7) is 10.5. The van der Waals surface area contributed by atoms with Crippen LogP contribution >= 0.6 is 23.2 Å². The molecule has 1 aliphatic heterocycles. The minimum Gasteiger partial charge on any atom is -0.474 e. The summed E-state index contributed by atoms with van der Waals surface area (Å²) in [6, 6.07) is 3.24. The van der Waals surface area contributed by atoms with E-state index < -0.39 is 15.1 Å². The molecule has 23 heavy (non-hydrogen) atoms. The third-order valence-electron chi connectivity index (χ3n) is 3.37. The summed E-state index contributed by atoms with van der Waals surface area (Å²) >= 11 is 12.2. The molecular formula is C16H23Cl2NO3Si. The van der Waals surface area contributed by atoms with E-state index in [1.807, 2.05) is 0 Å². The van der Waals surface area contributed by atoms with E-state index in [4.69, 9.17) is 32.4 Å². The van der Waals surface area contributed by atoms with E-state index >= 15 is 0 Å². The molecule has 128 valence electrons. The predicted octanol–water partition coefficient (Wildman–Crippen LogP) is 4.50. The largest absolute Gasteiger partial charge is 0.474 e. The Kier molecular flexibility index (Phi) is 5.66. The number of hydrogen-bond acceptors (Lipinski definition) is 3. The van der Waals surface area contributed by atoms with E-state index in [0.29, 0.717) is 21.5 Å². The topological polar surface area (TPSA) is 47.6 Å². The molecule has 0 bridgehead atoms. The van der Waals surface area contributed by atoms with Crippen LogP contribution in [0.2, 0.25) is 23.1 Å². The first-order chi connectivity index (χ1) is 10.6. The number of hydrogen-bond donors (Lipinski definition) is 1. The van der Waals surface area contributed by atoms with Crippen LogP contribution in [-0.2, 0) is 9.22 Å². The second kappa shape index (κ2) is 7.01. The third-order valence-corrected chi connectivity index (χ3v) is 4.76. The van der Waals surface area contributed by atoms with Gasteiger partial charge in [0.1, 0.15) is 0 Å². The summed E-state index contributed by atoms with van der Waals surface area (Å²) in [5.41, 5.74) is 0.516. The average molecular weight is 376 g/mol. The van der Waals surface area contributed by atoms with E-state index in [9.17, 15) is 4.79 Å². The fourth-order valence-corrected chi connectivity index (χ4v) is 4.06. The molecular weight excluding hydrogens is 353 g/mol. The molecule has 0 aromatic heterocycles. The molecule has 1 aliphatic rings. The average Bonchev–Trinajstić information content (AvgIpc) is 2.34. The van der Waals surface area contributed by atoms with E-state index in [1.54, 1.807) is 12.1 Å². The van der Waals surface area contributed by atoms with Crippen molar-refractivity contribution in [3.8, 4) is 5.75 Å². The van der Waals surface area contributed by atoms with Crippen LogP contribution in [0.5, 0.6) is 5.75 Å². The fraction of sp³-hybridized carbons (Fsp3) is 0.562. The van der Waals surface area contributed by atoms with Gasteiger partial charge in [0.2, 0.25) is 6.10 Å². The summed E-state index contributed by atoms with van der Waals surface area (Å²) in [5, 5.41) is 3.67. The van der Waals surface area contributed by atoms with Crippen molar-refractivity contribution in [2.75, 3.05) is 5.32 Å². The molecule has 1 aromatic carbocycles. The Morgan fingerprint density at radius 2 is 2.00 bits per heavy atom. The van der Waals surface area contributed by atoms with E-state index in [1.165, 1.54) is 0 Å². The second-order valence-electron chi connectivity index (χ2n) is 7.28. The lowest BCUT2D eigenvalue weighted by atomic mass is 9.87. The van der Waals surface area contributed by atoms with Gasteiger partial charge in [-0.15, -0.1) is 0 Å². The molecule has 0 radical (unpaired) electrons. The van der Waals surface area contributed by atoms with E-state index in [-0.39, 0.29) is 17.4 Å². The Hall–Kier alpha value is -0.753. The molecule has 0 spiro atoms. The number of benzene rings is 1. The van der Waals surface area contributed by atoms with Crippen LogP contribution in [0.15, 0.2) is 12.1 Å². The van der Waals surface area contributed by atoms with Crippen molar-refractivity contribution in [3.05, 3.63) is 22.2 Å². The summed E-state index contributed by atoms with van der Waals surface area (Å²) in [4.78, 5) is 12.5. The molecule has 2 atom stereocenters.